The van der Waals surface area contributed by atoms with Gasteiger partial charge in [-0.25, -0.2) is 9.78 Å². The molecule has 0 unspecified atom stereocenters. The Balaban J connectivity index is 1.57. The third kappa shape index (κ3) is 5.70. The second-order valence-electron chi connectivity index (χ2n) is 10.3. The van der Waals surface area contributed by atoms with Crippen LogP contribution in [-0.4, -0.2) is 56.0 Å². The molecular weight excluding hydrogens is 526 g/mol. The summed E-state index contributed by atoms with van der Waals surface area (Å²) in [5, 5.41) is 7.45. The van der Waals surface area contributed by atoms with Gasteiger partial charge in [-0.15, -0.1) is 6.58 Å². The molecule has 36 heavy (non-hydrogen) atoms. The molecule has 1 N–H and O–H groups in total. The zero-order valence-corrected chi connectivity index (χ0v) is 22.5. The van der Waals surface area contributed by atoms with Gasteiger partial charge in [0.1, 0.15) is 22.1 Å². The molecule has 192 valence electrons. The molecule has 4 rings (SSSR count). The van der Waals surface area contributed by atoms with Crippen LogP contribution in [0.25, 0.3) is 6.08 Å². The number of anilines is 1. The number of nitrogens with one attached hydrogen (secondary N) is 1. The standard InChI is InChI=1S/C26H32BrN5O4/c1-6-12-35-15-17-8-9-21(27)28-22(17)29-23(33)19-13-26(16-31-11-10-18(7-2)30-31)14-20(26)32(19)24(34)36-25(3,4)5/h6-11,19-20H,1-2,12-16H2,3-5H3,(H,28,29,33)/t19-,20+,26-/m0/s1. The Kier molecular flexibility index (Phi) is 7.38. The van der Waals surface area contributed by atoms with Crippen LogP contribution in [0.1, 0.15) is 44.9 Å². The summed E-state index contributed by atoms with van der Waals surface area (Å²) in [6, 6.07) is 4.71. The van der Waals surface area contributed by atoms with Crippen molar-refractivity contribution in [3.63, 3.8) is 0 Å². The van der Waals surface area contributed by atoms with Crippen LogP contribution in [0.15, 0.2) is 48.2 Å². The molecule has 2 aliphatic rings. The minimum absolute atomic E-state index is 0.106. The quantitative estimate of drug-likeness (QED) is 0.270. The van der Waals surface area contributed by atoms with Crippen molar-refractivity contribution in [2.45, 2.75) is 64.4 Å². The normalized spacial score (nSPS) is 22.6. The van der Waals surface area contributed by atoms with Crippen molar-refractivity contribution in [1.82, 2.24) is 19.7 Å². The highest BCUT2D eigenvalue weighted by atomic mass is 79.9. The van der Waals surface area contributed by atoms with E-state index in [4.69, 9.17) is 9.47 Å². The van der Waals surface area contributed by atoms with Gasteiger partial charge in [0.2, 0.25) is 5.91 Å². The van der Waals surface area contributed by atoms with Crippen LogP contribution in [-0.2, 0) is 27.4 Å². The molecule has 0 radical (unpaired) electrons. The summed E-state index contributed by atoms with van der Waals surface area (Å²) in [5.41, 5.74) is 0.584. The number of amides is 2. The lowest BCUT2D eigenvalue weighted by atomic mass is 9.99. The SMILES string of the molecule is C=CCOCc1ccc(Br)nc1NC(=O)[C@@H]1C[C@@]2(Cn3ccc(C=C)n3)C[C@H]2N1C(=O)OC(C)(C)C. The molecular formula is C26H32BrN5O4. The molecule has 2 fully saturated rings. The summed E-state index contributed by atoms with van der Waals surface area (Å²) < 4.78 is 13.7. The number of carbonyl (C=O) groups is 2. The van der Waals surface area contributed by atoms with Gasteiger partial charge in [0.15, 0.2) is 0 Å². The van der Waals surface area contributed by atoms with Gasteiger partial charge in [0, 0.05) is 29.8 Å². The number of pyridine rings is 1. The Morgan fingerprint density at radius 1 is 1.28 bits per heavy atom. The van der Waals surface area contributed by atoms with Gasteiger partial charge in [-0.2, -0.15) is 5.10 Å². The predicted octanol–water partition coefficient (Wildman–Crippen LogP) is 4.79. The minimum Gasteiger partial charge on any atom is -0.444 e. The number of aromatic nitrogens is 3. The number of rotatable bonds is 9. The summed E-state index contributed by atoms with van der Waals surface area (Å²) >= 11 is 3.37. The number of piperidine rings is 1. The lowest BCUT2D eigenvalue weighted by molar-refractivity contribution is -0.121. The lowest BCUT2D eigenvalue weighted by Crippen LogP contribution is -2.47. The van der Waals surface area contributed by atoms with Gasteiger partial charge in [-0.05, 0) is 67.8 Å². The van der Waals surface area contributed by atoms with E-state index in [1.807, 2.05) is 43.8 Å². The first kappa shape index (κ1) is 26.1. The fourth-order valence-electron chi connectivity index (χ4n) is 4.70. The maximum absolute atomic E-state index is 13.6. The van der Waals surface area contributed by atoms with Crippen molar-refractivity contribution < 1.29 is 19.1 Å². The molecule has 3 atom stereocenters. The summed E-state index contributed by atoms with van der Waals surface area (Å²) in [7, 11) is 0. The molecule has 2 aromatic heterocycles. The number of likely N-dealkylation sites (tertiary alicyclic amines) is 1. The Hall–Kier alpha value is -2.98. The van der Waals surface area contributed by atoms with Crippen molar-refractivity contribution in [1.29, 1.82) is 0 Å². The first-order valence-corrected chi connectivity index (χ1v) is 12.7. The van der Waals surface area contributed by atoms with Crippen molar-refractivity contribution in [3.05, 3.63) is 59.5 Å². The second-order valence-corrected chi connectivity index (χ2v) is 11.1. The monoisotopic (exact) mass is 557 g/mol. The van der Waals surface area contributed by atoms with Crippen molar-refractivity contribution >= 4 is 39.8 Å². The van der Waals surface area contributed by atoms with E-state index in [1.165, 1.54) is 0 Å². The molecule has 1 saturated heterocycles. The number of fused-ring (bicyclic) bond motifs is 1. The van der Waals surface area contributed by atoms with Crippen LogP contribution >= 0.6 is 15.9 Å². The highest BCUT2D eigenvalue weighted by Crippen LogP contribution is 2.60. The first-order chi connectivity index (χ1) is 17.0. The predicted molar refractivity (Wildman–Crippen MR) is 140 cm³/mol. The fraction of sp³-hybridized carbons (Fsp3) is 0.462. The number of carbonyl (C=O) groups excluding carboxylic acids is 2. The van der Waals surface area contributed by atoms with Crippen LogP contribution in [0, 0.1) is 5.41 Å². The van der Waals surface area contributed by atoms with Crippen molar-refractivity contribution in [2.75, 3.05) is 11.9 Å². The van der Waals surface area contributed by atoms with E-state index >= 15 is 0 Å². The van der Waals surface area contributed by atoms with E-state index in [-0.39, 0.29) is 24.0 Å². The molecule has 10 heteroatoms. The average Bonchev–Trinajstić information content (AvgIpc) is 3.13. The van der Waals surface area contributed by atoms with Gasteiger partial charge in [0.25, 0.3) is 0 Å². The van der Waals surface area contributed by atoms with Gasteiger partial charge in [-0.3, -0.25) is 14.4 Å². The van der Waals surface area contributed by atoms with Crippen molar-refractivity contribution in [2.24, 2.45) is 5.41 Å². The summed E-state index contributed by atoms with van der Waals surface area (Å²) in [6.07, 6.45) is 6.05. The molecule has 0 spiro atoms. The van der Waals surface area contributed by atoms with E-state index in [0.29, 0.717) is 30.0 Å². The Labute approximate surface area is 219 Å². The molecule has 1 saturated carbocycles. The van der Waals surface area contributed by atoms with Gasteiger partial charge in [-0.1, -0.05) is 18.7 Å². The lowest BCUT2D eigenvalue weighted by Gasteiger charge is -2.29. The first-order valence-electron chi connectivity index (χ1n) is 11.9. The van der Waals surface area contributed by atoms with Crippen LogP contribution in [0.5, 0.6) is 0 Å². The van der Waals surface area contributed by atoms with Gasteiger partial charge in [0.05, 0.1) is 18.9 Å². The van der Waals surface area contributed by atoms with E-state index in [2.05, 4.69) is 44.5 Å². The average molecular weight is 558 g/mol. The smallest absolute Gasteiger partial charge is 0.411 e. The van der Waals surface area contributed by atoms with E-state index in [1.54, 1.807) is 23.1 Å². The highest BCUT2D eigenvalue weighted by Gasteiger charge is 2.68. The molecule has 0 aromatic carbocycles. The van der Waals surface area contributed by atoms with E-state index < -0.39 is 17.7 Å². The zero-order chi connectivity index (χ0) is 26.1. The van der Waals surface area contributed by atoms with Gasteiger partial charge >= 0.3 is 6.09 Å². The zero-order valence-electron chi connectivity index (χ0n) is 20.9. The third-order valence-corrected chi connectivity index (χ3v) is 6.79. The Morgan fingerprint density at radius 2 is 2.06 bits per heavy atom. The van der Waals surface area contributed by atoms with Crippen molar-refractivity contribution in [3.8, 4) is 0 Å². The topological polar surface area (TPSA) is 98.6 Å². The largest absolute Gasteiger partial charge is 0.444 e. The molecule has 1 aliphatic carbocycles. The Morgan fingerprint density at radius 3 is 2.72 bits per heavy atom. The summed E-state index contributed by atoms with van der Waals surface area (Å²) in [5.74, 6) is 0.0788. The number of nitrogens with zero attached hydrogens (tertiary/aromatic N) is 4. The highest BCUT2D eigenvalue weighted by molar-refractivity contribution is 9.10. The maximum atomic E-state index is 13.6. The van der Waals surface area contributed by atoms with Crippen LogP contribution in [0.2, 0.25) is 0 Å². The minimum atomic E-state index is -0.698. The molecule has 0 bridgehead atoms. The van der Waals surface area contributed by atoms with Crippen LogP contribution in [0.3, 0.4) is 0 Å². The number of halogens is 1. The number of hydrogen-bond acceptors (Lipinski definition) is 6. The molecule has 9 nitrogen and oxygen atoms in total. The molecule has 1 aliphatic heterocycles. The molecule has 2 aromatic rings. The molecule has 3 heterocycles. The second kappa shape index (κ2) is 10.2. The van der Waals surface area contributed by atoms with Crippen LogP contribution < -0.4 is 5.32 Å². The molecule has 2 amide bonds. The Bertz CT molecular complexity index is 1170. The summed E-state index contributed by atoms with van der Waals surface area (Å²) in [6.45, 7) is 14.1. The van der Waals surface area contributed by atoms with E-state index in [9.17, 15) is 9.59 Å². The maximum Gasteiger partial charge on any atom is 0.411 e. The van der Waals surface area contributed by atoms with Crippen LogP contribution in [0.4, 0.5) is 10.6 Å². The number of ether oxygens (including phenoxy) is 2. The van der Waals surface area contributed by atoms with Gasteiger partial charge < -0.3 is 14.8 Å². The number of hydrogen-bond donors (Lipinski definition) is 1. The third-order valence-electron chi connectivity index (χ3n) is 6.35. The summed E-state index contributed by atoms with van der Waals surface area (Å²) in [4.78, 5) is 32.9. The fourth-order valence-corrected chi connectivity index (χ4v) is 5.01. The van der Waals surface area contributed by atoms with E-state index in [0.717, 1.165) is 17.7 Å².